The summed E-state index contributed by atoms with van der Waals surface area (Å²) in [5.74, 6) is 1.66. The first kappa shape index (κ1) is 10.8. The number of hydrogen-bond acceptors (Lipinski definition) is 5. The van der Waals surface area contributed by atoms with E-state index in [0.29, 0.717) is 24.1 Å². The van der Waals surface area contributed by atoms with Crippen molar-refractivity contribution in [3.63, 3.8) is 0 Å². The zero-order chi connectivity index (χ0) is 11.6. The van der Waals surface area contributed by atoms with Gasteiger partial charge in [-0.05, 0) is 20.8 Å². The normalized spacial score (nSPS) is 11.9. The number of H-pyrrole nitrogens is 1. The van der Waals surface area contributed by atoms with E-state index in [0.717, 1.165) is 0 Å². The molecular weight excluding hydrogens is 206 g/mol. The van der Waals surface area contributed by atoms with Crippen LogP contribution in [0.25, 0.3) is 11.6 Å². The van der Waals surface area contributed by atoms with Crippen LogP contribution in [0.3, 0.4) is 0 Å². The summed E-state index contributed by atoms with van der Waals surface area (Å²) in [6.07, 6.45) is 3.37. The van der Waals surface area contributed by atoms with Crippen molar-refractivity contribution in [2.75, 3.05) is 0 Å². The summed E-state index contributed by atoms with van der Waals surface area (Å²) in [6, 6.07) is 0. The summed E-state index contributed by atoms with van der Waals surface area (Å²) in [5, 5.41) is 7.11. The molecule has 0 aliphatic carbocycles. The zero-order valence-electron chi connectivity index (χ0n) is 9.61. The summed E-state index contributed by atoms with van der Waals surface area (Å²) in [5.41, 5.74) is 0.0271. The number of hydrogen-bond donors (Lipinski definition) is 2. The molecule has 6 nitrogen and oxygen atoms in total. The number of aromatic nitrogens is 4. The number of nitrogens with zero attached hydrogens (tertiary/aromatic N) is 3. The van der Waals surface area contributed by atoms with Crippen LogP contribution in [-0.2, 0) is 6.54 Å². The first-order valence-corrected chi connectivity index (χ1v) is 5.12. The lowest BCUT2D eigenvalue weighted by Crippen LogP contribution is -2.35. The summed E-state index contributed by atoms with van der Waals surface area (Å²) in [6.45, 7) is 6.79. The highest BCUT2D eigenvalue weighted by molar-refractivity contribution is 5.40. The molecule has 0 bridgehead atoms. The van der Waals surface area contributed by atoms with Gasteiger partial charge in [0, 0.05) is 17.9 Å². The molecule has 86 valence electrons. The Morgan fingerprint density at radius 3 is 2.88 bits per heavy atom. The lowest BCUT2D eigenvalue weighted by atomic mass is 10.1. The standard InChI is InChI=1S/C10H15N5O/c1-10(2,3)13-6-7-14-9(15-16-7)8-11-4-5-12-8/h4-5,13H,6H2,1-3H3,(H,11,12). The second-order valence-corrected chi connectivity index (χ2v) is 4.55. The Bertz CT molecular complexity index is 440. The van der Waals surface area contributed by atoms with Crippen molar-refractivity contribution in [2.24, 2.45) is 0 Å². The smallest absolute Gasteiger partial charge is 0.241 e. The van der Waals surface area contributed by atoms with Gasteiger partial charge in [-0.2, -0.15) is 4.98 Å². The Kier molecular flexibility index (Phi) is 2.74. The van der Waals surface area contributed by atoms with E-state index in [4.69, 9.17) is 4.52 Å². The molecule has 0 amide bonds. The van der Waals surface area contributed by atoms with Gasteiger partial charge in [0.05, 0.1) is 6.54 Å². The summed E-state index contributed by atoms with van der Waals surface area (Å²) >= 11 is 0. The fourth-order valence-corrected chi connectivity index (χ4v) is 1.15. The summed E-state index contributed by atoms with van der Waals surface area (Å²) in [4.78, 5) is 11.2. The van der Waals surface area contributed by atoms with E-state index >= 15 is 0 Å². The lowest BCUT2D eigenvalue weighted by Gasteiger charge is -2.18. The van der Waals surface area contributed by atoms with Crippen molar-refractivity contribution in [1.82, 2.24) is 25.4 Å². The maximum atomic E-state index is 5.10. The Hall–Kier alpha value is -1.69. The van der Waals surface area contributed by atoms with Crippen molar-refractivity contribution in [3.05, 3.63) is 18.3 Å². The molecule has 0 atom stereocenters. The van der Waals surface area contributed by atoms with E-state index in [9.17, 15) is 0 Å². The molecule has 2 aromatic heterocycles. The number of imidazole rings is 1. The highest BCUT2D eigenvalue weighted by Crippen LogP contribution is 2.10. The fraction of sp³-hybridized carbons (Fsp3) is 0.500. The minimum atomic E-state index is 0.0271. The fourth-order valence-electron chi connectivity index (χ4n) is 1.15. The Morgan fingerprint density at radius 1 is 1.44 bits per heavy atom. The molecule has 6 heteroatoms. The van der Waals surface area contributed by atoms with Gasteiger partial charge in [0.25, 0.3) is 0 Å². The Balaban J connectivity index is 2.03. The predicted molar refractivity (Wildman–Crippen MR) is 58.5 cm³/mol. The molecule has 0 aliphatic heterocycles. The lowest BCUT2D eigenvalue weighted by molar-refractivity contribution is 0.336. The summed E-state index contributed by atoms with van der Waals surface area (Å²) < 4.78 is 5.10. The number of aromatic amines is 1. The average Bonchev–Trinajstić information content (AvgIpc) is 2.84. The molecule has 2 heterocycles. The van der Waals surface area contributed by atoms with Crippen molar-refractivity contribution in [1.29, 1.82) is 0 Å². The molecule has 2 aromatic rings. The second-order valence-electron chi connectivity index (χ2n) is 4.55. The molecule has 0 saturated carbocycles. The molecule has 16 heavy (non-hydrogen) atoms. The molecule has 0 aromatic carbocycles. The predicted octanol–water partition coefficient (Wildman–Crippen LogP) is 1.35. The van der Waals surface area contributed by atoms with Crippen LogP contribution in [0.4, 0.5) is 0 Å². The van der Waals surface area contributed by atoms with Crippen molar-refractivity contribution in [3.8, 4) is 11.6 Å². The molecule has 0 aliphatic rings. The van der Waals surface area contributed by atoms with Crippen LogP contribution in [0.15, 0.2) is 16.9 Å². The van der Waals surface area contributed by atoms with Gasteiger partial charge in [-0.3, -0.25) is 0 Å². The van der Waals surface area contributed by atoms with Gasteiger partial charge in [-0.1, -0.05) is 5.16 Å². The second kappa shape index (κ2) is 4.05. The van der Waals surface area contributed by atoms with Crippen LogP contribution in [0.5, 0.6) is 0 Å². The monoisotopic (exact) mass is 221 g/mol. The Morgan fingerprint density at radius 2 is 2.25 bits per heavy atom. The van der Waals surface area contributed by atoms with E-state index < -0.39 is 0 Å². The van der Waals surface area contributed by atoms with Crippen LogP contribution >= 0.6 is 0 Å². The third-order valence-electron chi connectivity index (χ3n) is 1.95. The van der Waals surface area contributed by atoms with Crippen LogP contribution < -0.4 is 5.32 Å². The van der Waals surface area contributed by atoms with Crippen molar-refractivity contribution >= 4 is 0 Å². The van der Waals surface area contributed by atoms with Crippen molar-refractivity contribution in [2.45, 2.75) is 32.9 Å². The Labute approximate surface area is 93.5 Å². The highest BCUT2D eigenvalue weighted by atomic mass is 16.5. The number of rotatable bonds is 3. The van der Waals surface area contributed by atoms with E-state index in [1.54, 1.807) is 12.4 Å². The van der Waals surface area contributed by atoms with Gasteiger partial charge in [0.2, 0.25) is 11.7 Å². The third-order valence-corrected chi connectivity index (χ3v) is 1.95. The minimum Gasteiger partial charge on any atom is -0.342 e. The zero-order valence-corrected chi connectivity index (χ0v) is 9.61. The van der Waals surface area contributed by atoms with Gasteiger partial charge < -0.3 is 14.8 Å². The largest absolute Gasteiger partial charge is 0.342 e. The average molecular weight is 221 g/mol. The van der Waals surface area contributed by atoms with Crippen molar-refractivity contribution < 1.29 is 4.52 Å². The molecule has 0 spiro atoms. The van der Waals surface area contributed by atoms with Gasteiger partial charge in [0.15, 0.2) is 5.82 Å². The first-order chi connectivity index (χ1) is 7.54. The van der Waals surface area contributed by atoms with Gasteiger partial charge in [-0.25, -0.2) is 4.98 Å². The minimum absolute atomic E-state index is 0.0271. The third kappa shape index (κ3) is 2.66. The highest BCUT2D eigenvalue weighted by Gasteiger charge is 2.13. The van der Waals surface area contributed by atoms with Crippen LogP contribution in [0, 0.1) is 0 Å². The SMILES string of the molecule is CC(C)(C)NCc1nc(-c2ncc[nH]2)no1. The first-order valence-electron chi connectivity index (χ1n) is 5.12. The molecule has 2 rings (SSSR count). The molecule has 0 saturated heterocycles. The molecule has 2 N–H and O–H groups in total. The van der Waals surface area contributed by atoms with Crippen LogP contribution in [-0.4, -0.2) is 25.6 Å². The van der Waals surface area contributed by atoms with Gasteiger partial charge >= 0.3 is 0 Å². The van der Waals surface area contributed by atoms with E-state index in [2.05, 4.69) is 46.2 Å². The summed E-state index contributed by atoms with van der Waals surface area (Å²) in [7, 11) is 0. The van der Waals surface area contributed by atoms with Crippen LogP contribution in [0.1, 0.15) is 26.7 Å². The number of nitrogens with one attached hydrogen (secondary N) is 2. The maximum absolute atomic E-state index is 5.10. The quantitative estimate of drug-likeness (QED) is 0.817. The van der Waals surface area contributed by atoms with E-state index in [-0.39, 0.29) is 5.54 Å². The van der Waals surface area contributed by atoms with Gasteiger partial charge in [0.1, 0.15) is 0 Å². The van der Waals surface area contributed by atoms with Crippen LogP contribution in [0.2, 0.25) is 0 Å². The van der Waals surface area contributed by atoms with E-state index in [1.807, 2.05) is 0 Å². The molecule has 0 fully saturated rings. The topological polar surface area (TPSA) is 79.6 Å². The maximum Gasteiger partial charge on any atom is 0.241 e. The molecule has 0 radical (unpaired) electrons. The molecular formula is C10H15N5O. The molecule has 0 unspecified atom stereocenters. The van der Waals surface area contributed by atoms with E-state index in [1.165, 1.54) is 0 Å². The van der Waals surface area contributed by atoms with Gasteiger partial charge in [-0.15, -0.1) is 0 Å².